The van der Waals surface area contributed by atoms with Gasteiger partial charge in [0.25, 0.3) is 5.91 Å². The zero-order chi connectivity index (χ0) is 18.7. The van der Waals surface area contributed by atoms with Gasteiger partial charge in [0.2, 0.25) is 10.0 Å². The van der Waals surface area contributed by atoms with Crippen molar-refractivity contribution < 1.29 is 13.2 Å². The normalized spacial score (nSPS) is 11.2. The summed E-state index contributed by atoms with van der Waals surface area (Å²) in [6.45, 7) is 1.95. The Morgan fingerprint density at radius 1 is 1.08 bits per heavy atom. The van der Waals surface area contributed by atoms with Crippen molar-refractivity contribution in [1.29, 1.82) is 0 Å². The number of rotatable bonds is 5. The molecule has 0 fully saturated rings. The highest BCUT2D eigenvalue weighted by atomic mass is 32.2. The molecule has 0 bridgehead atoms. The molecule has 0 aliphatic heterocycles. The van der Waals surface area contributed by atoms with Crippen molar-refractivity contribution in [3.05, 3.63) is 64.5 Å². The monoisotopic (exact) mass is 387 g/mol. The second kappa shape index (κ2) is 7.27. The van der Waals surface area contributed by atoms with Crippen LogP contribution in [0.2, 0.25) is 0 Å². The Morgan fingerprint density at radius 2 is 1.77 bits per heavy atom. The number of anilines is 2. The Labute approximate surface area is 156 Å². The number of para-hydroxylation sites is 1. The molecule has 0 atom stereocenters. The minimum Gasteiger partial charge on any atom is -0.322 e. The lowest BCUT2D eigenvalue weighted by atomic mass is 10.1. The van der Waals surface area contributed by atoms with E-state index in [0.29, 0.717) is 5.69 Å². The van der Waals surface area contributed by atoms with Crippen LogP contribution in [0.25, 0.3) is 11.3 Å². The summed E-state index contributed by atoms with van der Waals surface area (Å²) >= 11 is 1.58. The second-order valence-corrected chi connectivity index (χ2v) is 8.51. The van der Waals surface area contributed by atoms with Crippen molar-refractivity contribution in [2.75, 3.05) is 16.3 Å². The van der Waals surface area contributed by atoms with E-state index in [-0.39, 0.29) is 11.3 Å². The standard InChI is InChI=1S/C18H17N3O3S2/c1-12-19-17(11-25-12)13-7-9-14(10-8-13)20-18(22)15-5-3-4-6-16(15)21-26(2,23)24/h3-11,21H,1-2H3,(H,20,22). The molecule has 8 heteroatoms. The Bertz CT molecular complexity index is 1040. The fourth-order valence-electron chi connectivity index (χ4n) is 2.39. The van der Waals surface area contributed by atoms with Gasteiger partial charge in [0.1, 0.15) is 0 Å². The molecule has 0 saturated carbocycles. The highest BCUT2D eigenvalue weighted by Gasteiger charge is 2.14. The van der Waals surface area contributed by atoms with Gasteiger partial charge in [-0.15, -0.1) is 11.3 Å². The van der Waals surface area contributed by atoms with Crippen molar-refractivity contribution in [1.82, 2.24) is 4.98 Å². The summed E-state index contributed by atoms with van der Waals surface area (Å²) < 4.78 is 25.3. The molecule has 26 heavy (non-hydrogen) atoms. The van der Waals surface area contributed by atoms with Crippen LogP contribution in [0.1, 0.15) is 15.4 Å². The molecule has 3 rings (SSSR count). The predicted octanol–water partition coefficient (Wildman–Crippen LogP) is 3.74. The van der Waals surface area contributed by atoms with E-state index in [1.165, 1.54) is 0 Å². The van der Waals surface area contributed by atoms with E-state index in [9.17, 15) is 13.2 Å². The summed E-state index contributed by atoms with van der Waals surface area (Å²) in [7, 11) is -3.48. The molecular formula is C18H17N3O3S2. The summed E-state index contributed by atoms with van der Waals surface area (Å²) in [5, 5.41) is 5.75. The van der Waals surface area contributed by atoms with Gasteiger partial charge in [0, 0.05) is 16.6 Å². The summed E-state index contributed by atoms with van der Waals surface area (Å²) in [4.78, 5) is 17.0. The first-order valence-corrected chi connectivity index (χ1v) is 10.5. The lowest BCUT2D eigenvalue weighted by molar-refractivity contribution is 0.102. The SMILES string of the molecule is Cc1nc(-c2ccc(NC(=O)c3ccccc3NS(C)(=O)=O)cc2)cs1. The van der Waals surface area contributed by atoms with Crippen molar-refractivity contribution in [3.8, 4) is 11.3 Å². The molecule has 0 radical (unpaired) electrons. The smallest absolute Gasteiger partial charge is 0.257 e. The largest absolute Gasteiger partial charge is 0.322 e. The highest BCUT2D eigenvalue weighted by Crippen LogP contribution is 2.24. The van der Waals surface area contributed by atoms with Gasteiger partial charge in [-0.3, -0.25) is 9.52 Å². The van der Waals surface area contributed by atoms with E-state index in [1.807, 2.05) is 24.4 Å². The number of thiazole rings is 1. The maximum Gasteiger partial charge on any atom is 0.257 e. The number of hydrogen-bond acceptors (Lipinski definition) is 5. The van der Waals surface area contributed by atoms with Crippen LogP contribution < -0.4 is 10.0 Å². The number of aryl methyl sites for hydroxylation is 1. The molecule has 3 aromatic rings. The van der Waals surface area contributed by atoms with Crippen molar-refractivity contribution in [2.45, 2.75) is 6.92 Å². The van der Waals surface area contributed by atoms with Gasteiger partial charge in [-0.25, -0.2) is 13.4 Å². The fraction of sp³-hybridized carbons (Fsp3) is 0.111. The maximum atomic E-state index is 12.5. The number of nitrogens with zero attached hydrogens (tertiary/aromatic N) is 1. The Balaban J connectivity index is 1.78. The van der Waals surface area contributed by atoms with E-state index in [4.69, 9.17) is 0 Å². The summed E-state index contributed by atoms with van der Waals surface area (Å²) in [5.74, 6) is -0.394. The average molecular weight is 387 g/mol. The fourth-order valence-corrected chi connectivity index (χ4v) is 3.59. The molecule has 2 N–H and O–H groups in total. The quantitative estimate of drug-likeness (QED) is 0.698. The molecule has 0 unspecified atom stereocenters. The van der Waals surface area contributed by atoms with Crippen molar-refractivity contribution in [2.24, 2.45) is 0 Å². The minimum atomic E-state index is -3.48. The van der Waals surface area contributed by atoms with Crippen LogP contribution in [0.3, 0.4) is 0 Å². The molecule has 0 aliphatic carbocycles. The van der Waals surface area contributed by atoms with Gasteiger partial charge in [0.15, 0.2) is 0 Å². The van der Waals surface area contributed by atoms with Gasteiger partial charge in [0.05, 0.1) is 28.2 Å². The topological polar surface area (TPSA) is 88.2 Å². The van der Waals surface area contributed by atoms with Crippen LogP contribution in [0.15, 0.2) is 53.9 Å². The minimum absolute atomic E-state index is 0.238. The van der Waals surface area contributed by atoms with Crippen LogP contribution in [0.4, 0.5) is 11.4 Å². The molecular weight excluding hydrogens is 370 g/mol. The second-order valence-electron chi connectivity index (χ2n) is 5.70. The molecule has 2 aromatic carbocycles. The zero-order valence-electron chi connectivity index (χ0n) is 14.2. The number of sulfonamides is 1. The summed E-state index contributed by atoms with van der Waals surface area (Å²) in [6.07, 6.45) is 1.04. The lowest BCUT2D eigenvalue weighted by Gasteiger charge is -2.11. The van der Waals surface area contributed by atoms with Crippen LogP contribution >= 0.6 is 11.3 Å². The van der Waals surface area contributed by atoms with Crippen molar-refractivity contribution in [3.63, 3.8) is 0 Å². The maximum absolute atomic E-state index is 12.5. The number of carbonyl (C=O) groups is 1. The van der Waals surface area contributed by atoms with Crippen LogP contribution in [0.5, 0.6) is 0 Å². The molecule has 1 heterocycles. The van der Waals surface area contributed by atoms with E-state index in [0.717, 1.165) is 22.5 Å². The van der Waals surface area contributed by atoms with Gasteiger partial charge >= 0.3 is 0 Å². The van der Waals surface area contributed by atoms with Gasteiger partial charge in [-0.2, -0.15) is 0 Å². The molecule has 0 aliphatic rings. The number of hydrogen-bond donors (Lipinski definition) is 2. The zero-order valence-corrected chi connectivity index (χ0v) is 15.8. The number of nitrogens with one attached hydrogen (secondary N) is 2. The average Bonchev–Trinajstić information content (AvgIpc) is 3.01. The molecule has 1 amide bonds. The lowest BCUT2D eigenvalue weighted by Crippen LogP contribution is -2.17. The van der Waals surface area contributed by atoms with E-state index < -0.39 is 15.9 Å². The van der Waals surface area contributed by atoms with Crippen LogP contribution in [-0.4, -0.2) is 25.6 Å². The third-order valence-electron chi connectivity index (χ3n) is 3.52. The number of aromatic nitrogens is 1. The third-order valence-corrected chi connectivity index (χ3v) is 4.89. The summed E-state index contributed by atoms with van der Waals surface area (Å²) in [5.41, 5.74) is 2.96. The van der Waals surface area contributed by atoms with Crippen molar-refractivity contribution >= 4 is 38.6 Å². The van der Waals surface area contributed by atoms with Gasteiger partial charge in [-0.05, 0) is 31.2 Å². The molecule has 0 spiro atoms. The number of amides is 1. The number of benzene rings is 2. The first kappa shape index (κ1) is 18.1. The molecule has 6 nitrogen and oxygen atoms in total. The first-order chi connectivity index (χ1) is 12.3. The Morgan fingerprint density at radius 3 is 2.38 bits per heavy atom. The molecule has 0 saturated heterocycles. The Hall–Kier alpha value is -2.71. The van der Waals surface area contributed by atoms with Crippen LogP contribution in [-0.2, 0) is 10.0 Å². The van der Waals surface area contributed by atoms with E-state index in [1.54, 1.807) is 47.7 Å². The molecule has 1 aromatic heterocycles. The molecule has 134 valence electrons. The first-order valence-electron chi connectivity index (χ1n) is 7.72. The van der Waals surface area contributed by atoms with Crippen LogP contribution in [0, 0.1) is 6.92 Å². The highest BCUT2D eigenvalue weighted by molar-refractivity contribution is 7.92. The number of carbonyl (C=O) groups excluding carboxylic acids is 1. The van der Waals surface area contributed by atoms with E-state index in [2.05, 4.69) is 15.0 Å². The Kier molecular flexibility index (Phi) is 5.06. The third kappa shape index (κ3) is 4.47. The van der Waals surface area contributed by atoms with Gasteiger partial charge < -0.3 is 5.32 Å². The predicted molar refractivity (Wildman–Crippen MR) is 105 cm³/mol. The van der Waals surface area contributed by atoms with Gasteiger partial charge in [-0.1, -0.05) is 24.3 Å². The van der Waals surface area contributed by atoms with E-state index >= 15 is 0 Å². The summed E-state index contributed by atoms with van der Waals surface area (Å²) in [6, 6.07) is 13.8.